The van der Waals surface area contributed by atoms with Crippen molar-refractivity contribution >= 4 is 11.8 Å². The first-order valence-electron chi connectivity index (χ1n) is 8.53. The van der Waals surface area contributed by atoms with E-state index in [1.807, 2.05) is 0 Å². The van der Waals surface area contributed by atoms with Crippen LogP contribution in [0.1, 0.15) is 29.6 Å². The molecule has 7 nitrogen and oxygen atoms in total. The van der Waals surface area contributed by atoms with E-state index in [4.69, 9.17) is 9.47 Å². The first-order chi connectivity index (χ1) is 12.0. The Morgan fingerprint density at radius 1 is 1.16 bits per heavy atom. The third kappa shape index (κ3) is 3.42. The first-order valence-corrected chi connectivity index (χ1v) is 8.53. The number of rotatable bonds is 4. The van der Waals surface area contributed by atoms with Gasteiger partial charge in [-0.25, -0.2) is 0 Å². The number of hydrogen-bond acceptors (Lipinski definition) is 5. The molecule has 7 heteroatoms. The molecule has 1 aliphatic carbocycles. The Bertz CT molecular complexity index is 637. The molecule has 1 unspecified atom stereocenters. The molecule has 3 rings (SSSR count). The highest BCUT2D eigenvalue weighted by molar-refractivity contribution is 6.01. The number of carbonyl (C=O) groups is 2. The van der Waals surface area contributed by atoms with Crippen LogP contribution < -0.4 is 9.47 Å². The SMILES string of the molecule is COc1cccc(OC)c1C(=O)N1CC(=O)N(C2CCC2)CC(O)C1. The topological polar surface area (TPSA) is 79.3 Å². The van der Waals surface area contributed by atoms with Crippen LogP contribution in [0.15, 0.2) is 18.2 Å². The van der Waals surface area contributed by atoms with Gasteiger partial charge < -0.3 is 24.4 Å². The van der Waals surface area contributed by atoms with Crippen molar-refractivity contribution in [3.8, 4) is 11.5 Å². The number of carbonyl (C=O) groups excluding carboxylic acids is 2. The number of benzene rings is 1. The van der Waals surface area contributed by atoms with Crippen LogP contribution in [0.5, 0.6) is 11.5 Å². The molecule has 1 N–H and O–H groups in total. The second-order valence-electron chi connectivity index (χ2n) is 6.51. The second kappa shape index (κ2) is 7.31. The highest BCUT2D eigenvalue weighted by Crippen LogP contribution is 2.31. The lowest BCUT2D eigenvalue weighted by Gasteiger charge is -2.37. The molecule has 1 aromatic rings. The molecule has 1 heterocycles. The highest BCUT2D eigenvalue weighted by Gasteiger charge is 2.36. The maximum atomic E-state index is 13.0. The fraction of sp³-hybridized carbons (Fsp3) is 0.556. The minimum absolute atomic E-state index is 0.0480. The summed E-state index contributed by atoms with van der Waals surface area (Å²) in [5.74, 6) is 0.262. The number of amides is 2. The average molecular weight is 348 g/mol. The highest BCUT2D eigenvalue weighted by atomic mass is 16.5. The van der Waals surface area contributed by atoms with Gasteiger partial charge in [-0.05, 0) is 31.4 Å². The number of methoxy groups -OCH3 is 2. The van der Waals surface area contributed by atoms with Crippen LogP contribution in [0.3, 0.4) is 0 Å². The monoisotopic (exact) mass is 348 g/mol. The van der Waals surface area contributed by atoms with E-state index < -0.39 is 6.10 Å². The van der Waals surface area contributed by atoms with E-state index in [2.05, 4.69) is 0 Å². The zero-order valence-electron chi connectivity index (χ0n) is 14.6. The Hall–Kier alpha value is -2.28. The lowest BCUT2D eigenvalue weighted by atomic mass is 9.91. The Labute approximate surface area is 147 Å². The Balaban J connectivity index is 1.86. The maximum absolute atomic E-state index is 13.0. The van der Waals surface area contributed by atoms with Gasteiger partial charge in [0, 0.05) is 19.1 Å². The van der Waals surface area contributed by atoms with Crippen molar-refractivity contribution < 1.29 is 24.2 Å². The predicted molar refractivity (Wildman–Crippen MR) is 90.8 cm³/mol. The van der Waals surface area contributed by atoms with Crippen LogP contribution in [0, 0.1) is 0 Å². The van der Waals surface area contributed by atoms with E-state index in [0.29, 0.717) is 11.5 Å². The van der Waals surface area contributed by atoms with Gasteiger partial charge in [-0.1, -0.05) is 6.07 Å². The molecule has 2 amide bonds. The van der Waals surface area contributed by atoms with Gasteiger partial charge in [-0.15, -0.1) is 0 Å². The van der Waals surface area contributed by atoms with Gasteiger partial charge >= 0.3 is 0 Å². The molecule has 1 atom stereocenters. The maximum Gasteiger partial charge on any atom is 0.261 e. The van der Waals surface area contributed by atoms with Crippen molar-refractivity contribution in [2.45, 2.75) is 31.4 Å². The third-order valence-corrected chi connectivity index (χ3v) is 4.93. The summed E-state index contributed by atoms with van der Waals surface area (Å²) in [5.41, 5.74) is 0.268. The number of nitrogens with zero attached hydrogens (tertiary/aromatic N) is 2. The quantitative estimate of drug-likeness (QED) is 0.875. The summed E-state index contributed by atoms with van der Waals surface area (Å²) in [6, 6.07) is 5.27. The van der Waals surface area contributed by atoms with Gasteiger partial charge in [0.1, 0.15) is 23.6 Å². The van der Waals surface area contributed by atoms with Gasteiger partial charge in [-0.2, -0.15) is 0 Å². The first kappa shape index (κ1) is 17.5. The minimum Gasteiger partial charge on any atom is -0.496 e. The van der Waals surface area contributed by atoms with Gasteiger partial charge in [0.2, 0.25) is 5.91 Å². The summed E-state index contributed by atoms with van der Waals surface area (Å²) in [6.07, 6.45) is 2.27. The molecule has 1 saturated carbocycles. The number of ether oxygens (including phenoxy) is 2. The number of hydrogen-bond donors (Lipinski definition) is 1. The average Bonchev–Trinajstić information content (AvgIpc) is 2.70. The van der Waals surface area contributed by atoms with Crippen LogP contribution in [0.25, 0.3) is 0 Å². The molecular formula is C18H24N2O5. The van der Waals surface area contributed by atoms with E-state index in [9.17, 15) is 14.7 Å². The molecule has 25 heavy (non-hydrogen) atoms. The van der Waals surface area contributed by atoms with E-state index in [1.165, 1.54) is 19.1 Å². The zero-order valence-corrected chi connectivity index (χ0v) is 14.6. The van der Waals surface area contributed by atoms with Crippen LogP contribution in [0.2, 0.25) is 0 Å². The van der Waals surface area contributed by atoms with Crippen molar-refractivity contribution in [2.75, 3.05) is 33.9 Å². The smallest absolute Gasteiger partial charge is 0.261 e. The summed E-state index contributed by atoms with van der Waals surface area (Å²) < 4.78 is 10.6. The summed E-state index contributed by atoms with van der Waals surface area (Å²) in [4.78, 5) is 28.8. The number of β-amino-alcohol motifs (C(OH)–C–C–N with tert-alkyl or cyclic N) is 1. The van der Waals surface area contributed by atoms with E-state index in [-0.39, 0.29) is 43.1 Å². The van der Waals surface area contributed by atoms with E-state index in [1.54, 1.807) is 23.1 Å². The Morgan fingerprint density at radius 2 is 1.80 bits per heavy atom. The third-order valence-electron chi connectivity index (χ3n) is 4.93. The zero-order chi connectivity index (χ0) is 18.0. The lowest BCUT2D eigenvalue weighted by molar-refractivity contribution is -0.135. The van der Waals surface area contributed by atoms with Crippen molar-refractivity contribution in [1.82, 2.24) is 9.80 Å². The standard InChI is InChI=1S/C18H24N2O5/c1-24-14-7-4-8-15(25-2)17(14)18(23)19-9-13(21)10-20(16(22)11-19)12-5-3-6-12/h4,7-8,12-13,21H,3,5-6,9-11H2,1-2H3. The van der Waals surface area contributed by atoms with Crippen molar-refractivity contribution in [2.24, 2.45) is 0 Å². The minimum atomic E-state index is -0.767. The molecule has 1 saturated heterocycles. The fourth-order valence-electron chi connectivity index (χ4n) is 3.39. The molecular weight excluding hydrogens is 324 g/mol. The molecule has 2 aliphatic rings. The van der Waals surface area contributed by atoms with Gasteiger partial charge in [-0.3, -0.25) is 9.59 Å². The fourth-order valence-corrected chi connectivity index (χ4v) is 3.39. The van der Waals surface area contributed by atoms with Crippen molar-refractivity contribution in [3.05, 3.63) is 23.8 Å². The number of aliphatic hydroxyl groups is 1. The molecule has 0 spiro atoms. The largest absolute Gasteiger partial charge is 0.496 e. The predicted octanol–water partition coefficient (Wildman–Crippen LogP) is 0.902. The molecule has 136 valence electrons. The summed E-state index contributed by atoms with van der Waals surface area (Å²) in [6.45, 7) is 0.332. The molecule has 0 radical (unpaired) electrons. The Kier molecular flexibility index (Phi) is 5.13. The molecule has 2 fully saturated rings. The molecule has 0 aromatic heterocycles. The van der Waals surface area contributed by atoms with Gasteiger partial charge in [0.05, 0.1) is 20.3 Å². The normalized spacial score (nSPS) is 21.6. The number of aliphatic hydroxyl groups excluding tert-OH is 1. The van der Waals surface area contributed by atoms with E-state index >= 15 is 0 Å². The van der Waals surface area contributed by atoms with Crippen LogP contribution in [0.4, 0.5) is 0 Å². The van der Waals surface area contributed by atoms with E-state index in [0.717, 1.165) is 19.3 Å². The van der Waals surface area contributed by atoms with Crippen molar-refractivity contribution in [1.29, 1.82) is 0 Å². The van der Waals surface area contributed by atoms with Gasteiger partial charge in [0.25, 0.3) is 5.91 Å². The molecule has 1 aliphatic heterocycles. The van der Waals surface area contributed by atoms with Crippen LogP contribution in [-0.2, 0) is 4.79 Å². The van der Waals surface area contributed by atoms with Crippen LogP contribution in [-0.4, -0.2) is 72.7 Å². The lowest BCUT2D eigenvalue weighted by Crippen LogP contribution is -2.47. The summed E-state index contributed by atoms with van der Waals surface area (Å²) >= 11 is 0. The van der Waals surface area contributed by atoms with Crippen LogP contribution >= 0.6 is 0 Å². The summed E-state index contributed by atoms with van der Waals surface area (Å²) in [7, 11) is 2.96. The summed E-state index contributed by atoms with van der Waals surface area (Å²) in [5, 5.41) is 10.3. The van der Waals surface area contributed by atoms with Crippen molar-refractivity contribution in [3.63, 3.8) is 0 Å². The second-order valence-corrected chi connectivity index (χ2v) is 6.51. The molecule has 1 aromatic carbocycles. The Morgan fingerprint density at radius 3 is 2.32 bits per heavy atom. The van der Waals surface area contributed by atoms with Gasteiger partial charge in [0.15, 0.2) is 0 Å². The molecule has 0 bridgehead atoms.